The topological polar surface area (TPSA) is 67.6 Å². The average Bonchev–Trinajstić information content (AvgIpc) is 3.37. The predicted octanol–water partition coefficient (Wildman–Crippen LogP) is 4.13. The van der Waals surface area contributed by atoms with Crippen molar-refractivity contribution in [1.29, 1.82) is 0 Å². The molecule has 3 aliphatic heterocycles. The molecule has 150 valence electrons. The summed E-state index contributed by atoms with van der Waals surface area (Å²) < 4.78 is 8.46. The zero-order chi connectivity index (χ0) is 19.5. The van der Waals surface area contributed by atoms with E-state index >= 15 is 0 Å². The summed E-state index contributed by atoms with van der Waals surface area (Å²) >= 11 is 5.28. The Morgan fingerprint density at radius 3 is 2.82 bits per heavy atom. The van der Waals surface area contributed by atoms with E-state index in [1.54, 1.807) is 23.5 Å². The van der Waals surface area contributed by atoms with E-state index in [4.69, 9.17) is 4.74 Å². The molecule has 28 heavy (non-hydrogen) atoms. The van der Waals surface area contributed by atoms with E-state index in [0.29, 0.717) is 6.61 Å². The molecule has 3 aliphatic rings. The van der Waals surface area contributed by atoms with Gasteiger partial charge in [0, 0.05) is 16.9 Å². The molecule has 0 spiro atoms. The number of hydrogen-bond acceptors (Lipinski definition) is 9. The standard InChI is InChI=1S/C18H24N6OS3/c1-5-18(4)8-10-11(9-25-18)28-14-12(10)13-19-21-16(26-6-2)23(13)15-20-22-17(24(14)15)27-7-3/h13,19H,5-9H2,1-4H3/t13?,18-/m1/s1. The highest BCUT2D eigenvalue weighted by molar-refractivity contribution is 8.14. The Morgan fingerprint density at radius 1 is 1.25 bits per heavy atom. The number of hydrogen-bond donors (Lipinski definition) is 1. The normalized spacial score (nSPS) is 24.9. The lowest BCUT2D eigenvalue weighted by Crippen LogP contribution is -2.40. The minimum Gasteiger partial charge on any atom is -0.369 e. The third-order valence-electron chi connectivity index (χ3n) is 5.56. The van der Waals surface area contributed by atoms with Crippen molar-refractivity contribution in [1.82, 2.24) is 20.2 Å². The fourth-order valence-corrected chi connectivity index (χ4v) is 6.62. The molecule has 2 aromatic rings. The van der Waals surface area contributed by atoms with Gasteiger partial charge in [0.05, 0.1) is 12.2 Å². The summed E-state index contributed by atoms with van der Waals surface area (Å²) in [4.78, 5) is 3.54. The number of rotatable bonds is 4. The van der Waals surface area contributed by atoms with Crippen LogP contribution in [0.2, 0.25) is 0 Å². The zero-order valence-corrected chi connectivity index (χ0v) is 18.9. The second-order valence-corrected chi connectivity index (χ2v) is 10.8. The first-order valence-corrected chi connectivity index (χ1v) is 12.5. The molecule has 7 nitrogen and oxygen atoms in total. The predicted molar refractivity (Wildman–Crippen MR) is 117 cm³/mol. The molecule has 0 radical (unpaired) electrons. The van der Waals surface area contributed by atoms with E-state index in [2.05, 4.69) is 57.9 Å². The van der Waals surface area contributed by atoms with Crippen LogP contribution in [0.25, 0.3) is 5.00 Å². The van der Waals surface area contributed by atoms with Crippen molar-refractivity contribution in [2.24, 2.45) is 5.10 Å². The fourth-order valence-electron chi connectivity index (χ4n) is 3.95. The Hall–Kier alpha value is -1.23. The van der Waals surface area contributed by atoms with E-state index in [0.717, 1.165) is 40.6 Å². The van der Waals surface area contributed by atoms with Gasteiger partial charge in [0.2, 0.25) is 5.95 Å². The maximum absolute atomic E-state index is 6.23. The number of aromatic nitrogens is 3. The lowest BCUT2D eigenvalue weighted by Gasteiger charge is -2.35. The lowest BCUT2D eigenvalue weighted by molar-refractivity contribution is -0.0549. The minimum atomic E-state index is -0.110. The van der Waals surface area contributed by atoms with Gasteiger partial charge in [-0.2, -0.15) is 5.10 Å². The molecular formula is C18H24N6OS3. The Bertz CT molecular complexity index is 954. The van der Waals surface area contributed by atoms with E-state index in [-0.39, 0.29) is 11.8 Å². The van der Waals surface area contributed by atoms with E-state index in [1.807, 2.05) is 11.3 Å². The number of anilines is 1. The first-order valence-electron chi connectivity index (χ1n) is 9.72. The maximum atomic E-state index is 6.23. The molecule has 0 aliphatic carbocycles. The van der Waals surface area contributed by atoms with Gasteiger partial charge in [-0.25, -0.2) is 4.57 Å². The van der Waals surface area contributed by atoms with Gasteiger partial charge in [-0.3, -0.25) is 10.3 Å². The van der Waals surface area contributed by atoms with Crippen molar-refractivity contribution < 1.29 is 4.74 Å². The van der Waals surface area contributed by atoms with Crippen molar-refractivity contribution in [3.05, 3.63) is 16.0 Å². The highest BCUT2D eigenvalue weighted by Gasteiger charge is 2.45. The summed E-state index contributed by atoms with van der Waals surface area (Å²) in [7, 11) is 0. The largest absolute Gasteiger partial charge is 0.369 e. The van der Waals surface area contributed by atoms with Crippen LogP contribution in [-0.4, -0.2) is 37.0 Å². The third kappa shape index (κ3) is 2.64. The summed E-state index contributed by atoms with van der Waals surface area (Å²) in [6.07, 6.45) is 1.92. The molecule has 1 unspecified atom stereocenters. The first kappa shape index (κ1) is 18.8. The van der Waals surface area contributed by atoms with Gasteiger partial charge >= 0.3 is 0 Å². The number of nitrogens with zero attached hydrogens (tertiary/aromatic N) is 5. The highest BCUT2D eigenvalue weighted by atomic mass is 32.2. The number of amidine groups is 1. The van der Waals surface area contributed by atoms with Crippen molar-refractivity contribution >= 4 is 46.0 Å². The Morgan fingerprint density at radius 2 is 2.07 bits per heavy atom. The Kier molecular flexibility index (Phi) is 4.65. The van der Waals surface area contributed by atoms with Crippen molar-refractivity contribution in [3.63, 3.8) is 0 Å². The van der Waals surface area contributed by atoms with Crippen LogP contribution in [0.3, 0.4) is 0 Å². The summed E-state index contributed by atoms with van der Waals surface area (Å²) in [6.45, 7) is 9.40. The van der Waals surface area contributed by atoms with Crippen LogP contribution in [0.4, 0.5) is 5.95 Å². The number of ether oxygens (including phenoxy) is 1. The molecule has 0 fully saturated rings. The molecule has 10 heteroatoms. The lowest BCUT2D eigenvalue weighted by atomic mass is 9.88. The number of thioether (sulfide) groups is 2. The summed E-state index contributed by atoms with van der Waals surface area (Å²) in [5.41, 5.74) is 6.02. The van der Waals surface area contributed by atoms with Gasteiger partial charge in [-0.1, -0.05) is 44.3 Å². The summed E-state index contributed by atoms with van der Waals surface area (Å²) in [6, 6.07) is 0. The van der Waals surface area contributed by atoms with Crippen LogP contribution in [0.1, 0.15) is 56.3 Å². The van der Waals surface area contributed by atoms with Crippen LogP contribution in [0.15, 0.2) is 10.3 Å². The van der Waals surface area contributed by atoms with Gasteiger partial charge in [0.1, 0.15) is 5.00 Å². The molecule has 1 N–H and O–H groups in total. The molecule has 0 amide bonds. The van der Waals surface area contributed by atoms with Gasteiger partial charge in [0.15, 0.2) is 16.5 Å². The van der Waals surface area contributed by atoms with Crippen molar-refractivity contribution in [3.8, 4) is 5.00 Å². The number of nitrogens with one attached hydrogen (secondary N) is 1. The maximum Gasteiger partial charge on any atom is 0.241 e. The molecule has 0 saturated carbocycles. The highest BCUT2D eigenvalue weighted by Crippen LogP contribution is 2.50. The van der Waals surface area contributed by atoms with Gasteiger partial charge in [0.25, 0.3) is 0 Å². The van der Waals surface area contributed by atoms with Crippen LogP contribution in [0.5, 0.6) is 0 Å². The number of hydrazone groups is 1. The van der Waals surface area contributed by atoms with Gasteiger partial charge in [-0.15, -0.1) is 21.5 Å². The van der Waals surface area contributed by atoms with E-state index < -0.39 is 0 Å². The third-order valence-corrected chi connectivity index (χ3v) is 8.42. The quantitative estimate of drug-likeness (QED) is 0.723. The van der Waals surface area contributed by atoms with Crippen molar-refractivity contribution in [2.45, 2.75) is 64.1 Å². The molecule has 5 rings (SSSR count). The monoisotopic (exact) mass is 436 g/mol. The zero-order valence-electron chi connectivity index (χ0n) is 16.5. The van der Waals surface area contributed by atoms with Crippen LogP contribution >= 0.6 is 34.9 Å². The second kappa shape index (κ2) is 6.93. The Balaban J connectivity index is 1.70. The fraction of sp³-hybridized carbons (Fsp3) is 0.611. The Labute approximate surface area is 177 Å². The van der Waals surface area contributed by atoms with E-state index in [1.165, 1.54) is 21.0 Å². The number of fused-ring (bicyclic) bond motifs is 8. The molecule has 0 saturated heterocycles. The first-order chi connectivity index (χ1) is 13.6. The molecular weight excluding hydrogens is 412 g/mol. The van der Waals surface area contributed by atoms with Gasteiger partial charge < -0.3 is 4.74 Å². The van der Waals surface area contributed by atoms with Crippen LogP contribution in [0, 0.1) is 0 Å². The minimum absolute atomic E-state index is 0.0144. The SMILES string of the molecule is CCSC1=NNC2c3c(sc4c3C[C@@](C)(CC)OC4)-n3c(SCC)nnc3N12. The molecule has 5 heterocycles. The summed E-state index contributed by atoms with van der Waals surface area (Å²) in [5, 5.41) is 16.8. The number of thiophene rings is 1. The van der Waals surface area contributed by atoms with Crippen molar-refractivity contribution in [2.75, 3.05) is 16.4 Å². The smallest absolute Gasteiger partial charge is 0.241 e. The van der Waals surface area contributed by atoms with Crippen LogP contribution < -0.4 is 10.3 Å². The van der Waals surface area contributed by atoms with E-state index in [9.17, 15) is 0 Å². The molecule has 2 atom stereocenters. The molecule has 0 bridgehead atoms. The average molecular weight is 437 g/mol. The summed E-state index contributed by atoms with van der Waals surface area (Å²) in [5.74, 6) is 2.78. The molecule has 2 aromatic heterocycles. The van der Waals surface area contributed by atoms with Crippen LogP contribution in [-0.2, 0) is 17.8 Å². The van der Waals surface area contributed by atoms with Gasteiger partial charge in [-0.05, 0) is 30.4 Å². The second-order valence-electron chi connectivity index (χ2n) is 7.27. The molecule has 0 aromatic carbocycles.